The largest absolute Gasteiger partial charge is 0.481 e. The summed E-state index contributed by atoms with van der Waals surface area (Å²) in [5.41, 5.74) is 0.499. The van der Waals surface area contributed by atoms with Gasteiger partial charge in [0, 0.05) is 18.5 Å². The number of hydrogen-bond acceptors (Lipinski definition) is 4. The van der Waals surface area contributed by atoms with Gasteiger partial charge in [-0.1, -0.05) is 6.92 Å². The molecule has 1 unspecified atom stereocenters. The second kappa shape index (κ2) is 6.53. The fourth-order valence-electron chi connectivity index (χ4n) is 1.48. The van der Waals surface area contributed by atoms with Crippen LogP contribution in [-0.2, 0) is 20.8 Å². The second-order valence-electron chi connectivity index (χ2n) is 4.16. The van der Waals surface area contributed by atoms with Gasteiger partial charge in [0.15, 0.2) is 0 Å². The van der Waals surface area contributed by atoms with Crippen molar-refractivity contribution in [1.82, 2.24) is 15.3 Å². The number of rotatable bonds is 7. The van der Waals surface area contributed by atoms with Gasteiger partial charge in [-0.3, -0.25) is 9.59 Å². The van der Waals surface area contributed by atoms with Gasteiger partial charge in [0.05, 0.1) is 18.4 Å². The van der Waals surface area contributed by atoms with E-state index in [4.69, 9.17) is 10.2 Å². The first-order chi connectivity index (χ1) is 8.90. The number of aromatic amines is 1. The van der Waals surface area contributed by atoms with Crippen molar-refractivity contribution in [3.05, 3.63) is 18.2 Å². The van der Waals surface area contributed by atoms with Gasteiger partial charge in [0.1, 0.15) is 6.04 Å². The summed E-state index contributed by atoms with van der Waals surface area (Å²) in [6, 6.07) is -1.13. The average Bonchev–Trinajstić information content (AvgIpc) is 2.79. The Kier molecular flexibility index (Phi) is 5.04. The molecule has 0 bridgehead atoms. The van der Waals surface area contributed by atoms with Crippen molar-refractivity contribution in [1.29, 1.82) is 0 Å². The molecule has 0 saturated carbocycles. The van der Waals surface area contributed by atoms with E-state index in [2.05, 4.69) is 15.3 Å². The number of carboxylic acids is 2. The van der Waals surface area contributed by atoms with Crippen LogP contribution in [0, 0.1) is 5.92 Å². The van der Waals surface area contributed by atoms with Gasteiger partial charge in [0.25, 0.3) is 0 Å². The Hall–Kier alpha value is -2.38. The number of carbonyl (C=O) groups excluding carboxylic acids is 1. The molecule has 1 aromatic rings. The van der Waals surface area contributed by atoms with E-state index in [1.165, 1.54) is 19.4 Å². The topological polar surface area (TPSA) is 132 Å². The highest BCUT2D eigenvalue weighted by molar-refractivity contribution is 5.87. The van der Waals surface area contributed by atoms with E-state index in [0.29, 0.717) is 5.69 Å². The molecule has 0 spiro atoms. The third kappa shape index (κ3) is 4.78. The van der Waals surface area contributed by atoms with Gasteiger partial charge < -0.3 is 20.5 Å². The minimum atomic E-state index is -1.20. The van der Waals surface area contributed by atoms with Crippen LogP contribution in [0.25, 0.3) is 0 Å². The normalized spacial score (nSPS) is 13.5. The van der Waals surface area contributed by atoms with Crippen molar-refractivity contribution in [3.8, 4) is 0 Å². The highest BCUT2D eigenvalue weighted by atomic mass is 16.4. The smallest absolute Gasteiger partial charge is 0.326 e. The molecule has 1 amide bonds. The van der Waals surface area contributed by atoms with Crippen molar-refractivity contribution in [3.63, 3.8) is 0 Å². The summed E-state index contributed by atoms with van der Waals surface area (Å²) in [6.45, 7) is 1.43. The van der Waals surface area contributed by atoms with Gasteiger partial charge in [-0.25, -0.2) is 9.78 Å². The van der Waals surface area contributed by atoms with Crippen molar-refractivity contribution >= 4 is 17.8 Å². The van der Waals surface area contributed by atoms with E-state index in [9.17, 15) is 14.4 Å². The Balaban J connectivity index is 2.61. The summed E-state index contributed by atoms with van der Waals surface area (Å²) in [5.74, 6) is -3.70. The number of aromatic nitrogens is 2. The molecule has 2 atom stereocenters. The van der Waals surface area contributed by atoms with Crippen LogP contribution in [0.3, 0.4) is 0 Å². The van der Waals surface area contributed by atoms with E-state index < -0.39 is 29.8 Å². The lowest BCUT2D eigenvalue weighted by Crippen LogP contribution is -2.44. The van der Waals surface area contributed by atoms with Crippen molar-refractivity contribution in [2.24, 2.45) is 5.92 Å². The molecule has 0 radical (unpaired) electrons. The summed E-state index contributed by atoms with van der Waals surface area (Å²) >= 11 is 0. The van der Waals surface area contributed by atoms with Crippen LogP contribution in [0.4, 0.5) is 0 Å². The minimum absolute atomic E-state index is 0.0321. The third-order valence-corrected chi connectivity index (χ3v) is 2.51. The molecule has 1 heterocycles. The number of aliphatic carboxylic acids is 2. The lowest BCUT2D eigenvalue weighted by Gasteiger charge is -2.16. The standard InChI is InChI=1S/C11H15N3O5/c1-6(2-9(15)16)10(17)14-8(11(18)19)3-7-4-12-5-13-7/h4-6,8H,2-3H2,1H3,(H,12,13)(H,14,17)(H,15,16)(H,18,19)/t6?,8-/m0/s1. The zero-order valence-corrected chi connectivity index (χ0v) is 10.3. The Bertz CT molecular complexity index is 457. The first-order valence-corrected chi connectivity index (χ1v) is 5.62. The van der Waals surface area contributed by atoms with E-state index in [0.717, 1.165) is 0 Å². The Morgan fingerprint density at radius 3 is 2.58 bits per heavy atom. The molecule has 0 aliphatic rings. The molecule has 0 aliphatic carbocycles. The zero-order chi connectivity index (χ0) is 14.4. The molecule has 8 heteroatoms. The molecule has 19 heavy (non-hydrogen) atoms. The molecule has 1 rings (SSSR count). The van der Waals surface area contributed by atoms with Gasteiger partial charge in [-0.05, 0) is 0 Å². The van der Waals surface area contributed by atoms with E-state index in [1.54, 1.807) is 0 Å². The molecule has 0 aromatic carbocycles. The summed E-state index contributed by atoms with van der Waals surface area (Å²) in [5, 5.41) is 19.9. The van der Waals surface area contributed by atoms with E-state index >= 15 is 0 Å². The molecule has 0 saturated heterocycles. The maximum absolute atomic E-state index is 11.7. The van der Waals surface area contributed by atoms with Crippen LogP contribution >= 0.6 is 0 Å². The van der Waals surface area contributed by atoms with E-state index in [-0.39, 0.29) is 12.8 Å². The molecular formula is C11H15N3O5. The summed E-state index contributed by atoms with van der Waals surface area (Å²) < 4.78 is 0. The quantitative estimate of drug-likeness (QED) is 0.534. The SMILES string of the molecule is CC(CC(=O)O)C(=O)N[C@@H](Cc1c[nH]cn1)C(=O)O. The monoisotopic (exact) mass is 269 g/mol. The summed E-state index contributed by atoms with van der Waals surface area (Å²) in [4.78, 5) is 39.7. The highest BCUT2D eigenvalue weighted by Gasteiger charge is 2.24. The lowest BCUT2D eigenvalue weighted by atomic mass is 10.1. The van der Waals surface area contributed by atoms with Crippen molar-refractivity contribution in [2.45, 2.75) is 25.8 Å². The number of nitrogens with one attached hydrogen (secondary N) is 2. The molecule has 0 fully saturated rings. The Morgan fingerprint density at radius 2 is 2.11 bits per heavy atom. The highest BCUT2D eigenvalue weighted by Crippen LogP contribution is 2.05. The number of imidazole rings is 1. The number of carboxylic acid groups (broad SMARTS) is 2. The number of carbonyl (C=O) groups is 3. The van der Waals surface area contributed by atoms with E-state index in [1.807, 2.05) is 0 Å². The molecular weight excluding hydrogens is 254 g/mol. The van der Waals surface area contributed by atoms with Gasteiger partial charge in [-0.2, -0.15) is 0 Å². The molecule has 8 nitrogen and oxygen atoms in total. The predicted octanol–water partition coefficient (Wildman–Crippen LogP) is -0.368. The summed E-state index contributed by atoms with van der Waals surface area (Å²) in [6.07, 6.45) is 2.62. The third-order valence-electron chi connectivity index (χ3n) is 2.51. The summed E-state index contributed by atoms with van der Waals surface area (Å²) in [7, 11) is 0. The predicted molar refractivity (Wildman–Crippen MR) is 63.3 cm³/mol. The Morgan fingerprint density at radius 1 is 1.42 bits per heavy atom. The zero-order valence-electron chi connectivity index (χ0n) is 10.3. The molecule has 4 N–H and O–H groups in total. The minimum Gasteiger partial charge on any atom is -0.481 e. The second-order valence-corrected chi connectivity index (χ2v) is 4.16. The Labute approximate surface area is 108 Å². The van der Waals surface area contributed by atoms with Gasteiger partial charge in [0.2, 0.25) is 5.91 Å². The number of H-pyrrole nitrogens is 1. The van der Waals surface area contributed by atoms with Gasteiger partial charge >= 0.3 is 11.9 Å². The van der Waals surface area contributed by atoms with Gasteiger partial charge in [-0.15, -0.1) is 0 Å². The van der Waals surface area contributed by atoms with Crippen LogP contribution in [-0.4, -0.2) is 44.1 Å². The maximum Gasteiger partial charge on any atom is 0.326 e. The number of nitrogens with zero attached hydrogens (tertiary/aromatic N) is 1. The fraction of sp³-hybridized carbons (Fsp3) is 0.455. The van der Waals surface area contributed by atoms with Crippen LogP contribution < -0.4 is 5.32 Å². The number of hydrogen-bond donors (Lipinski definition) is 4. The van der Waals surface area contributed by atoms with Crippen molar-refractivity contribution in [2.75, 3.05) is 0 Å². The molecule has 104 valence electrons. The van der Waals surface area contributed by atoms with Crippen LogP contribution in [0.15, 0.2) is 12.5 Å². The molecule has 1 aromatic heterocycles. The molecule has 0 aliphatic heterocycles. The first-order valence-electron chi connectivity index (χ1n) is 5.62. The average molecular weight is 269 g/mol. The fourth-order valence-corrected chi connectivity index (χ4v) is 1.48. The van der Waals surface area contributed by atoms with Crippen LogP contribution in [0.5, 0.6) is 0 Å². The van der Waals surface area contributed by atoms with Crippen molar-refractivity contribution < 1.29 is 24.6 Å². The van der Waals surface area contributed by atoms with Crippen LogP contribution in [0.2, 0.25) is 0 Å². The first kappa shape index (κ1) is 14.7. The van der Waals surface area contributed by atoms with Crippen LogP contribution in [0.1, 0.15) is 19.0 Å². The number of amides is 1. The lowest BCUT2D eigenvalue weighted by molar-refractivity contribution is -0.143. The maximum atomic E-state index is 11.7.